The Labute approximate surface area is 160 Å². The number of hydrogen-bond donors (Lipinski definition) is 0. The molecule has 2 aromatic heterocycles. The fourth-order valence-electron chi connectivity index (χ4n) is 3.37. The molecule has 0 saturated carbocycles. The van der Waals surface area contributed by atoms with E-state index in [4.69, 9.17) is 4.98 Å². The predicted molar refractivity (Wildman–Crippen MR) is 113 cm³/mol. The van der Waals surface area contributed by atoms with Crippen molar-refractivity contribution in [1.82, 2.24) is 9.55 Å². The zero-order valence-electron chi connectivity index (χ0n) is 15.5. The van der Waals surface area contributed by atoms with Crippen molar-refractivity contribution in [2.75, 3.05) is 0 Å². The molecule has 0 N–H and O–H groups in total. The molecule has 4 nitrogen and oxygen atoms in total. The number of rotatable bonds is 3. The van der Waals surface area contributed by atoms with Crippen molar-refractivity contribution in [3.63, 3.8) is 0 Å². The Morgan fingerprint density at radius 3 is 2.52 bits per heavy atom. The van der Waals surface area contributed by atoms with Crippen molar-refractivity contribution in [3.05, 3.63) is 74.7 Å². The highest BCUT2D eigenvalue weighted by Gasteiger charge is 2.20. The van der Waals surface area contributed by atoms with Gasteiger partial charge in [-0.15, -0.1) is 11.3 Å². The summed E-state index contributed by atoms with van der Waals surface area (Å²) in [6.07, 6.45) is 0.775. The van der Waals surface area contributed by atoms with Gasteiger partial charge in [0.2, 0.25) is 5.43 Å². The van der Waals surface area contributed by atoms with E-state index in [9.17, 15) is 9.59 Å². The first-order valence-electron chi connectivity index (χ1n) is 9.07. The van der Waals surface area contributed by atoms with Crippen LogP contribution in [0.5, 0.6) is 0 Å². The van der Waals surface area contributed by atoms with Gasteiger partial charge in [0.25, 0.3) is 5.56 Å². The summed E-state index contributed by atoms with van der Waals surface area (Å²) >= 11 is 1.40. The van der Waals surface area contributed by atoms with Crippen LogP contribution in [0.25, 0.3) is 31.7 Å². The van der Waals surface area contributed by atoms with Crippen molar-refractivity contribution in [2.24, 2.45) is 0 Å². The zero-order valence-corrected chi connectivity index (χ0v) is 16.3. The summed E-state index contributed by atoms with van der Waals surface area (Å²) < 4.78 is 2.53. The minimum atomic E-state index is -0.250. The summed E-state index contributed by atoms with van der Waals surface area (Å²) in [4.78, 5) is 31.8. The number of benzene rings is 2. The highest BCUT2D eigenvalue weighted by molar-refractivity contribution is 7.24. The monoisotopic (exact) mass is 376 g/mol. The lowest BCUT2D eigenvalue weighted by Crippen LogP contribution is -2.29. The number of aromatic nitrogens is 2. The molecule has 0 unspecified atom stereocenters. The normalized spacial score (nSPS) is 12.6. The van der Waals surface area contributed by atoms with E-state index in [2.05, 4.69) is 0 Å². The summed E-state index contributed by atoms with van der Waals surface area (Å²) in [5.41, 5.74) is 1.49. The number of nitrogens with zero attached hydrogens (tertiary/aromatic N) is 2. The average Bonchev–Trinajstić information content (AvgIpc) is 2.67. The molecule has 0 aliphatic carbocycles. The van der Waals surface area contributed by atoms with Crippen molar-refractivity contribution >= 4 is 31.6 Å². The topological polar surface area (TPSA) is 52.0 Å². The van der Waals surface area contributed by atoms with E-state index in [0.29, 0.717) is 16.0 Å². The van der Waals surface area contributed by atoms with Gasteiger partial charge in [0.15, 0.2) is 0 Å². The molecule has 0 amide bonds. The maximum absolute atomic E-state index is 13.4. The first-order valence-corrected chi connectivity index (χ1v) is 9.88. The molecule has 2 heterocycles. The summed E-state index contributed by atoms with van der Waals surface area (Å²) in [5, 5.41) is 0.768. The second-order valence-electron chi connectivity index (χ2n) is 6.79. The van der Waals surface area contributed by atoms with Crippen LogP contribution < -0.4 is 11.0 Å². The van der Waals surface area contributed by atoms with Crippen LogP contribution in [-0.2, 0) is 0 Å². The number of aryl methyl sites for hydroxylation is 1. The van der Waals surface area contributed by atoms with Crippen molar-refractivity contribution in [3.8, 4) is 11.4 Å². The SMILES string of the molecule is CC[C@H](C)n1c(-c2ccccc2C)nc2sc3ccccc3c(=O)c2c1=O. The Hall–Kier alpha value is -2.79. The predicted octanol–water partition coefficient (Wildman–Crippen LogP) is 4.92. The molecule has 4 rings (SSSR count). The summed E-state index contributed by atoms with van der Waals surface area (Å²) in [6.45, 7) is 6.03. The van der Waals surface area contributed by atoms with Crippen LogP contribution in [0.3, 0.4) is 0 Å². The smallest absolute Gasteiger partial charge is 0.266 e. The minimum Gasteiger partial charge on any atom is -0.289 e. The standard InChI is InChI=1S/C22H20N2O2S/c1-4-14(3)24-20(15-10-6-5-9-13(15)2)23-21-18(22(24)26)19(25)16-11-7-8-12-17(16)27-21/h5-12,14H,4H2,1-3H3/t14-/m0/s1. The van der Waals surface area contributed by atoms with Gasteiger partial charge in [-0.25, -0.2) is 4.98 Å². The van der Waals surface area contributed by atoms with Crippen LogP contribution in [0, 0.1) is 6.92 Å². The Bertz CT molecular complexity index is 1290. The Kier molecular flexibility index (Phi) is 4.40. The van der Waals surface area contributed by atoms with Crippen molar-refractivity contribution in [1.29, 1.82) is 0 Å². The van der Waals surface area contributed by atoms with Gasteiger partial charge in [0.05, 0.1) is 0 Å². The summed E-state index contributed by atoms with van der Waals surface area (Å²) in [5.74, 6) is 0.630. The summed E-state index contributed by atoms with van der Waals surface area (Å²) in [6, 6.07) is 15.2. The molecule has 136 valence electrons. The highest BCUT2D eigenvalue weighted by atomic mass is 32.1. The lowest BCUT2D eigenvalue weighted by Gasteiger charge is -2.19. The molecule has 27 heavy (non-hydrogen) atoms. The first-order chi connectivity index (χ1) is 13.0. The lowest BCUT2D eigenvalue weighted by atomic mass is 10.1. The third kappa shape index (κ3) is 2.79. The van der Waals surface area contributed by atoms with Crippen molar-refractivity contribution in [2.45, 2.75) is 33.2 Å². The van der Waals surface area contributed by atoms with Crippen LogP contribution in [0.4, 0.5) is 0 Å². The maximum Gasteiger partial charge on any atom is 0.266 e. The van der Waals surface area contributed by atoms with E-state index in [1.165, 1.54) is 11.3 Å². The molecule has 0 bridgehead atoms. The van der Waals surface area contributed by atoms with Crippen LogP contribution in [0.1, 0.15) is 31.9 Å². The fraction of sp³-hybridized carbons (Fsp3) is 0.227. The minimum absolute atomic E-state index is 0.0557. The largest absolute Gasteiger partial charge is 0.289 e. The molecule has 0 saturated heterocycles. The first kappa shape index (κ1) is 17.6. The molecular weight excluding hydrogens is 356 g/mol. The van der Waals surface area contributed by atoms with Crippen LogP contribution in [0.2, 0.25) is 0 Å². The Morgan fingerprint density at radius 1 is 1.07 bits per heavy atom. The van der Waals surface area contributed by atoms with Crippen LogP contribution in [0.15, 0.2) is 58.1 Å². The van der Waals surface area contributed by atoms with Crippen molar-refractivity contribution < 1.29 is 0 Å². The van der Waals surface area contributed by atoms with Gasteiger partial charge < -0.3 is 0 Å². The van der Waals surface area contributed by atoms with Gasteiger partial charge in [0, 0.05) is 21.7 Å². The highest BCUT2D eigenvalue weighted by Crippen LogP contribution is 2.28. The zero-order chi connectivity index (χ0) is 19.1. The van der Waals surface area contributed by atoms with E-state index in [1.807, 2.05) is 63.2 Å². The Balaban J connectivity index is 2.21. The molecule has 0 aliphatic rings. The van der Waals surface area contributed by atoms with Gasteiger partial charge in [0.1, 0.15) is 16.0 Å². The van der Waals surface area contributed by atoms with Crippen LogP contribution in [-0.4, -0.2) is 9.55 Å². The summed E-state index contributed by atoms with van der Waals surface area (Å²) in [7, 11) is 0. The quantitative estimate of drug-likeness (QED) is 0.477. The van der Waals surface area contributed by atoms with E-state index < -0.39 is 0 Å². The lowest BCUT2D eigenvalue weighted by molar-refractivity contribution is 0.517. The molecule has 0 aliphatic heterocycles. The van der Waals surface area contributed by atoms with Gasteiger partial charge in [-0.05, 0) is 38.0 Å². The Morgan fingerprint density at radius 2 is 1.78 bits per heavy atom. The van der Waals surface area contributed by atoms with Gasteiger partial charge in [-0.1, -0.05) is 43.3 Å². The fourth-order valence-corrected chi connectivity index (χ4v) is 4.41. The van der Waals surface area contributed by atoms with Crippen LogP contribution >= 0.6 is 11.3 Å². The van der Waals surface area contributed by atoms with Gasteiger partial charge in [-0.3, -0.25) is 14.2 Å². The number of fused-ring (bicyclic) bond motifs is 2. The van der Waals surface area contributed by atoms with E-state index in [0.717, 1.165) is 22.2 Å². The third-order valence-electron chi connectivity index (χ3n) is 5.07. The molecular formula is C22H20N2O2S. The molecule has 4 aromatic rings. The van der Waals surface area contributed by atoms with Gasteiger partial charge in [-0.2, -0.15) is 0 Å². The molecule has 2 aromatic carbocycles. The average molecular weight is 376 g/mol. The maximum atomic E-state index is 13.4. The molecule has 0 fully saturated rings. The third-order valence-corrected chi connectivity index (χ3v) is 6.13. The second kappa shape index (κ2) is 6.74. The molecule has 5 heteroatoms. The molecule has 0 radical (unpaired) electrons. The van der Waals surface area contributed by atoms with E-state index in [-0.39, 0.29) is 22.4 Å². The van der Waals surface area contributed by atoms with Gasteiger partial charge >= 0.3 is 0 Å². The molecule has 0 spiro atoms. The van der Waals surface area contributed by atoms with E-state index in [1.54, 1.807) is 10.6 Å². The number of hydrogen-bond acceptors (Lipinski definition) is 4. The van der Waals surface area contributed by atoms with E-state index >= 15 is 0 Å². The second-order valence-corrected chi connectivity index (χ2v) is 7.82. The molecule has 1 atom stereocenters.